The topological polar surface area (TPSA) is 88.2 Å². The lowest BCUT2D eigenvalue weighted by molar-refractivity contribution is -0.152. The predicted molar refractivity (Wildman–Crippen MR) is 122 cm³/mol. The van der Waals surface area contributed by atoms with Gasteiger partial charge in [-0.2, -0.15) is 17.4 Å². The second kappa shape index (κ2) is 11.5. The van der Waals surface area contributed by atoms with Crippen molar-refractivity contribution in [1.29, 1.82) is 0 Å². The van der Waals surface area contributed by atoms with Gasteiger partial charge in [-0.3, -0.25) is 4.79 Å². The normalized spacial score (nSPS) is 18.4. The van der Waals surface area contributed by atoms with E-state index in [0.29, 0.717) is 12.5 Å². The lowest BCUT2D eigenvalue weighted by Gasteiger charge is -2.35. The molecule has 1 atom stereocenters. The minimum Gasteiger partial charge on any atom is -0.461 e. The lowest BCUT2D eigenvalue weighted by Crippen LogP contribution is -2.45. The number of hydroxylamine groups is 2. The lowest BCUT2D eigenvalue weighted by atomic mass is 9.88. The van der Waals surface area contributed by atoms with Gasteiger partial charge >= 0.3 is 5.97 Å². The van der Waals surface area contributed by atoms with E-state index >= 15 is 0 Å². The zero-order chi connectivity index (χ0) is 23.0. The number of nitrogens with zero attached hydrogens (tertiary/aromatic N) is 2. The van der Waals surface area contributed by atoms with Crippen LogP contribution in [0.1, 0.15) is 33.1 Å². The van der Waals surface area contributed by atoms with E-state index in [1.54, 1.807) is 6.08 Å². The van der Waals surface area contributed by atoms with Gasteiger partial charge in [0.2, 0.25) is 8.32 Å². The van der Waals surface area contributed by atoms with Crippen LogP contribution in [0.25, 0.3) is 0 Å². The summed E-state index contributed by atoms with van der Waals surface area (Å²) in [7, 11) is -2.74. The van der Waals surface area contributed by atoms with Crippen LogP contribution in [0.2, 0.25) is 19.1 Å². The van der Waals surface area contributed by atoms with Crippen LogP contribution in [0.3, 0.4) is 0 Å². The first-order valence-corrected chi connectivity index (χ1v) is 14.9. The highest BCUT2D eigenvalue weighted by atomic mass is 32.2. The van der Waals surface area contributed by atoms with Crippen LogP contribution >= 0.6 is 0 Å². The molecule has 174 valence electrons. The molecular weight excluding hydrogens is 422 g/mol. The molecule has 0 spiro atoms. The van der Waals surface area contributed by atoms with Crippen LogP contribution in [0.15, 0.2) is 24.3 Å². The minimum atomic E-state index is -3.50. The average molecular weight is 462 g/mol. The predicted octanol–water partition coefficient (Wildman–Crippen LogP) is 2.69. The molecule has 0 aromatic carbocycles. The van der Waals surface area contributed by atoms with Gasteiger partial charge in [0.15, 0.2) is 0 Å². The van der Waals surface area contributed by atoms with Gasteiger partial charge in [0.25, 0.3) is 10.2 Å². The fraction of sp³-hybridized carbons (Fsp3) is 0.750. The van der Waals surface area contributed by atoms with Gasteiger partial charge in [-0.05, 0) is 52.2 Å². The third kappa shape index (κ3) is 8.99. The van der Waals surface area contributed by atoms with Crippen molar-refractivity contribution in [3.05, 3.63) is 24.3 Å². The van der Waals surface area contributed by atoms with E-state index in [1.165, 1.54) is 14.1 Å². The summed E-state index contributed by atoms with van der Waals surface area (Å²) in [5.74, 6) is -0.286. The number of carbonyl (C=O) groups is 1. The molecule has 1 unspecified atom stereocenters. The quantitative estimate of drug-likeness (QED) is 0.258. The van der Waals surface area contributed by atoms with Gasteiger partial charge in [-0.15, -0.1) is 0 Å². The van der Waals surface area contributed by atoms with Crippen LogP contribution in [-0.4, -0.2) is 72.4 Å². The Morgan fingerprint density at radius 1 is 1.30 bits per heavy atom. The summed E-state index contributed by atoms with van der Waals surface area (Å²) >= 11 is 0. The largest absolute Gasteiger partial charge is 0.461 e. The molecule has 0 bridgehead atoms. The second-order valence-electron chi connectivity index (χ2n) is 8.97. The summed E-state index contributed by atoms with van der Waals surface area (Å²) in [6, 6.07) is 0.597. The van der Waals surface area contributed by atoms with Crippen LogP contribution < -0.4 is 4.72 Å². The van der Waals surface area contributed by atoms with Gasteiger partial charge in [-0.1, -0.05) is 24.3 Å². The first-order chi connectivity index (χ1) is 13.8. The van der Waals surface area contributed by atoms with Gasteiger partial charge in [0, 0.05) is 33.7 Å². The molecular formula is C20H39N3O5SSi. The fourth-order valence-corrected chi connectivity index (χ4v) is 7.23. The van der Waals surface area contributed by atoms with Crippen LogP contribution in [-0.2, 0) is 24.3 Å². The van der Waals surface area contributed by atoms with Gasteiger partial charge in [-0.25, -0.2) is 5.06 Å². The standard InChI is InChI=1S/C20H39N3O5SSi/c1-8-15-27-19(24)20(3,17-30(6,7)28-23-13-9-10-14-23)12-11-18(2)16-21-29(25,26)22(4)5/h8,11,21H,1,9-10,12-17H2,2-7H3. The van der Waals surface area contributed by atoms with Gasteiger partial charge in [0.05, 0.1) is 5.41 Å². The van der Waals surface area contributed by atoms with E-state index in [2.05, 4.69) is 24.4 Å². The third-order valence-electron chi connectivity index (χ3n) is 5.00. The minimum absolute atomic E-state index is 0.161. The highest BCUT2D eigenvalue weighted by Crippen LogP contribution is 2.36. The van der Waals surface area contributed by atoms with Crippen molar-refractivity contribution in [2.24, 2.45) is 5.41 Å². The SMILES string of the molecule is C=CCOC(=O)C(C)(CC=C(C)CNS(=O)(=O)N(C)C)C[Si](C)(C)ON1CCCC1. The first-order valence-electron chi connectivity index (χ1n) is 10.4. The number of allylic oxidation sites excluding steroid dienone is 1. The third-order valence-corrected chi connectivity index (χ3v) is 8.85. The molecule has 1 heterocycles. The highest BCUT2D eigenvalue weighted by Gasteiger charge is 2.42. The Morgan fingerprint density at radius 2 is 1.90 bits per heavy atom. The van der Waals surface area contributed by atoms with E-state index in [9.17, 15) is 13.2 Å². The van der Waals surface area contributed by atoms with E-state index in [1.807, 2.05) is 25.0 Å². The molecule has 30 heavy (non-hydrogen) atoms. The molecule has 1 aliphatic rings. The van der Waals surface area contributed by atoms with Crippen molar-refractivity contribution in [2.45, 2.75) is 52.2 Å². The van der Waals surface area contributed by atoms with Crippen molar-refractivity contribution in [1.82, 2.24) is 14.1 Å². The molecule has 1 fully saturated rings. The summed E-state index contributed by atoms with van der Waals surface area (Å²) < 4.78 is 39.2. The van der Waals surface area contributed by atoms with E-state index < -0.39 is 23.9 Å². The Bertz CT molecular complexity index is 718. The van der Waals surface area contributed by atoms with Crippen molar-refractivity contribution in [3.8, 4) is 0 Å². The van der Waals surface area contributed by atoms with Crippen molar-refractivity contribution in [2.75, 3.05) is 40.3 Å². The second-order valence-corrected chi connectivity index (χ2v) is 15.0. The van der Waals surface area contributed by atoms with Crippen LogP contribution in [0, 0.1) is 5.41 Å². The maximum Gasteiger partial charge on any atom is 0.312 e. The summed E-state index contributed by atoms with van der Waals surface area (Å²) in [6.45, 7) is 13.8. The summed E-state index contributed by atoms with van der Waals surface area (Å²) in [6.07, 6.45) is 6.17. The molecule has 1 rings (SSSR count). The van der Waals surface area contributed by atoms with Crippen molar-refractivity contribution >= 4 is 24.5 Å². The highest BCUT2D eigenvalue weighted by molar-refractivity contribution is 7.87. The van der Waals surface area contributed by atoms with Crippen molar-refractivity contribution in [3.63, 3.8) is 0 Å². The van der Waals surface area contributed by atoms with Crippen LogP contribution in [0.5, 0.6) is 0 Å². The molecule has 10 heteroatoms. The number of esters is 1. The number of nitrogens with one attached hydrogen (secondary N) is 1. The molecule has 0 aliphatic carbocycles. The van der Waals surface area contributed by atoms with Crippen molar-refractivity contribution < 1.29 is 22.5 Å². The van der Waals surface area contributed by atoms with Gasteiger partial charge < -0.3 is 9.26 Å². The maximum absolute atomic E-state index is 12.9. The summed E-state index contributed by atoms with van der Waals surface area (Å²) in [4.78, 5) is 12.9. The molecule has 1 saturated heterocycles. The Morgan fingerprint density at radius 3 is 2.43 bits per heavy atom. The Kier molecular flexibility index (Phi) is 10.4. The monoisotopic (exact) mass is 461 g/mol. The maximum atomic E-state index is 12.9. The molecule has 0 radical (unpaired) electrons. The zero-order valence-corrected chi connectivity index (χ0v) is 21.2. The average Bonchev–Trinajstić information content (AvgIpc) is 3.14. The summed E-state index contributed by atoms with van der Waals surface area (Å²) in [5, 5.41) is 2.03. The molecule has 0 amide bonds. The fourth-order valence-electron chi connectivity index (χ4n) is 3.44. The Labute approximate surface area is 183 Å². The number of rotatable bonds is 13. The van der Waals surface area contributed by atoms with Crippen LogP contribution in [0.4, 0.5) is 0 Å². The molecule has 0 aromatic rings. The number of hydrogen-bond acceptors (Lipinski definition) is 6. The summed E-state index contributed by atoms with van der Waals surface area (Å²) in [5.41, 5.74) is 0.0725. The number of carbonyl (C=O) groups excluding carboxylic acids is 1. The number of ether oxygens (including phenoxy) is 1. The Balaban J connectivity index is 2.89. The smallest absolute Gasteiger partial charge is 0.312 e. The Hall–Kier alpha value is -1.04. The first kappa shape index (κ1) is 27.0. The molecule has 1 aliphatic heterocycles. The molecule has 0 saturated carbocycles. The van der Waals surface area contributed by atoms with E-state index in [4.69, 9.17) is 9.26 Å². The molecule has 1 N–H and O–H groups in total. The van der Waals surface area contributed by atoms with Gasteiger partial charge in [0.1, 0.15) is 6.61 Å². The zero-order valence-electron chi connectivity index (χ0n) is 19.4. The van der Waals surface area contributed by atoms with E-state index in [-0.39, 0.29) is 19.1 Å². The molecule has 0 aromatic heterocycles. The molecule has 8 nitrogen and oxygen atoms in total. The van der Waals surface area contributed by atoms with E-state index in [0.717, 1.165) is 35.8 Å². The number of hydrogen-bond donors (Lipinski definition) is 1.